The lowest BCUT2D eigenvalue weighted by Crippen LogP contribution is -2.41. The number of ether oxygens (including phenoxy) is 3. The fourth-order valence-electron chi connectivity index (χ4n) is 3.26. The van der Waals surface area contributed by atoms with Crippen molar-refractivity contribution < 1.29 is 19.0 Å². The lowest BCUT2D eigenvalue weighted by atomic mass is 9.89. The van der Waals surface area contributed by atoms with Gasteiger partial charge in [-0.1, -0.05) is 12.6 Å². The largest absolute Gasteiger partial charge is 0.497 e. The molecule has 1 aliphatic rings. The molecule has 2 aromatic rings. The molecule has 3 rings (SSSR count). The van der Waals surface area contributed by atoms with E-state index in [0.29, 0.717) is 24.3 Å². The Labute approximate surface area is 166 Å². The predicted octanol–water partition coefficient (Wildman–Crippen LogP) is 4.68. The molecule has 1 aliphatic heterocycles. The minimum absolute atomic E-state index is 0.148. The van der Waals surface area contributed by atoms with Gasteiger partial charge >= 0.3 is 0 Å². The Morgan fingerprint density at radius 2 is 2.04 bits per heavy atom. The highest BCUT2D eigenvalue weighted by Crippen LogP contribution is 2.41. The molecule has 0 unspecified atom stereocenters. The summed E-state index contributed by atoms with van der Waals surface area (Å²) in [6.45, 7) is 10.2. The number of hydrogen-bond acceptors (Lipinski definition) is 4. The second-order valence-corrected chi connectivity index (χ2v) is 7.77. The Morgan fingerprint density at radius 3 is 2.75 bits per heavy atom. The van der Waals surface area contributed by atoms with E-state index in [4.69, 9.17) is 14.2 Å². The molecule has 1 N–H and O–H groups in total. The van der Waals surface area contributed by atoms with Gasteiger partial charge in [0.2, 0.25) is 0 Å². The lowest BCUT2D eigenvalue weighted by molar-refractivity contribution is 0.0617. The molecule has 1 atom stereocenters. The molecule has 0 radical (unpaired) electrons. The van der Waals surface area contributed by atoms with Crippen molar-refractivity contribution in [2.75, 3.05) is 13.7 Å². The van der Waals surface area contributed by atoms with Crippen LogP contribution in [0.2, 0.25) is 0 Å². The number of carbonyl (C=O) groups excluding carboxylic acids is 1. The molecule has 5 nitrogen and oxygen atoms in total. The van der Waals surface area contributed by atoms with Gasteiger partial charge in [-0.2, -0.15) is 0 Å². The molecule has 5 heteroatoms. The zero-order chi connectivity index (χ0) is 20.3. The van der Waals surface area contributed by atoms with Crippen molar-refractivity contribution in [1.29, 1.82) is 0 Å². The maximum absolute atomic E-state index is 12.9. The molecule has 1 amide bonds. The first kappa shape index (κ1) is 19.8. The molecule has 0 saturated carbocycles. The molecular formula is C23H27NO4. The van der Waals surface area contributed by atoms with Crippen molar-refractivity contribution in [3.05, 3.63) is 65.7 Å². The number of hydrogen-bond donors (Lipinski definition) is 1. The van der Waals surface area contributed by atoms with E-state index in [-0.39, 0.29) is 11.9 Å². The second kappa shape index (κ2) is 7.97. The smallest absolute Gasteiger partial charge is 0.251 e. The average Bonchev–Trinajstić information content (AvgIpc) is 2.65. The molecule has 1 heterocycles. The van der Waals surface area contributed by atoms with Crippen molar-refractivity contribution in [2.45, 2.75) is 38.8 Å². The van der Waals surface area contributed by atoms with Crippen molar-refractivity contribution in [1.82, 2.24) is 5.32 Å². The van der Waals surface area contributed by atoms with E-state index in [0.717, 1.165) is 22.6 Å². The molecule has 0 fully saturated rings. The van der Waals surface area contributed by atoms with Gasteiger partial charge in [-0.05, 0) is 56.7 Å². The zero-order valence-electron chi connectivity index (χ0n) is 16.9. The molecule has 2 aromatic carbocycles. The van der Waals surface area contributed by atoms with Gasteiger partial charge in [0, 0.05) is 23.6 Å². The summed E-state index contributed by atoms with van der Waals surface area (Å²) in [5, 5.41) is 3.14. The standard InChI is InChI=1S/C23H27NO4/c1-15(2)14-27-18-8-6-7-16(11-18)22(25)24-20-13-23(3,4)28-21-12-17(26-5)9-10-19(20)21/h6-12,20H,1,13-14H2,2-5H3,(H,24,25)/t20-/m0/s1. The maximum Gasteiger partial charge on any atom is 0.251 e. The first-order chi connectivity index (χ1) is 13.3. The van der Waals surface area contributed by atoms with Gasteiger partial charge in [-0.25, -0.2) is 0 Å². The van der Waals surface area contributed by atoms with Crippen LogP contribution >= 0.6 is 0 Å². The van der Waals surface area contributed by atoms with Crippen LogP contribution in [0.15, 0.2) is 54.6 Å². The monoisotopic (exact) mass is 381 g/mol. The van der Waals surface area contributed by atoms with E-state index >= 15 is 0 Å². The van der Waals surface area contributed by atoms with E-state index in [2.05, 4.69) is 11.9 Å². The minimum Gasteiger partial charge on any atom is -0.497 e. The molecule has 0 bridgehead atoms. The molecule has 0 saturated heterocycles. The average molecular weight is 381 g/mol. The van der Waals surface area contributed by atoms with Gasteiger partial charge in [-0.3, -0.25) is 4.79 Å². The minimum atomic E-state index is -0.399. The topological polar surface area (TPSA) is 56.8 Å². The van der Waals surface area contributed by atoms with Crippen molar-refractivity contribution in [3.8, 4) is 17.2 Å². The van der Waals surface area contributed by atoms with Crippen molar-refractivity contribution in [2.24, 2.45) is 0 Å². The number of nitrogens with one attached hydrogen (secondary N) is 1. The van der Waals surface area contributed by atoms with Crippen LogP contribution in [0.3, 0.4) is 0 Å². The summed E-state index contributed by atoms with van der Waals surface area (Å²) in [6, 6.07) is 12.7. The van der Waals surface area contributed by atoms with Crippen LogP contribution in [0.25, 0.3) is 0 Å². The van der Waals surface area contributed by atoms with Crippen LogP contribution in [-0.2, 0) is 0 Å². The molecule has 0 aromatic heterocycles. The summed E-state index contributed by atoms with van der Waals surface area (Å²) in [7, 11) is 1.62. The van der Waals surface area contributed by atoms with Gasteiger partial charge in [0.05, 0.1) is 13.2 Å². The summed E-state index contributed by atoms with van der Waals surface area (Å²) < 4.78 is 17.0. The molecule has 0 aliphatic carbocycles. The first-order valence-electron chi connectivity index (χ1n) is 9.32. The quantitative estimate of drug-likeness (QED) is 0.738. The SMILES string of the molecule is C=C(C)COc1cccc(C(=O)N[C@H]2CC(C)(C)Oc3cc(OC)ccc32)c1. The Kier molecular flexibility index (Phi) is 5.63. The first-order valence-corrected chi connectivity index (χ1v) is 9.32. The van der Waals surface area contributed by atoms with Crippen LogP contribution in [0, 0.1) is 0 Å². The van der Waals surface area contributed by atoms with Gasteiger partial charge in [0.1, 0.15) is 29.5 Å². The Morgan fingerprint density at radius 1 is 1.25 bits per heavy atom. The third-order valence-corrected chi connectivity index (χ3v) is 4.56. The van der Waals surface area contributed by atoms with Crippen LogP contribution < -0.4 is 19.5 Å². The van der Waals surface area contributed by atoms with E-state index < -0.39 is 5.60 Å². The van der Waals surface area contributed by atoms with Crippen molar-refractivity contribution >= 4 is 5.91 Å². The van der Waals surface area contributed by atoms with E-state index in [1.54, 1.807) is 19.2 Å². The van der Waals surface area contributed by atoms with Gasteiger partial charge in [0.15, 0.2) is 0 Å². The lowest BCUT2D eigenvalue weighted by Gasteiger charge is -2.38. The number of benzene rings is 2. The predicted molar refractivity (Wildman–Crippen MR) is 109 cm³/mol. The highest BCUT2D eigenvalue weighted by molar-refractivity contribution is 5.94. The second-order valence-electron chi connectivity index (χ2n) is 7.77. The van der Waals surface area contributed by atoms with Gasteiger partial charge in [0.25, 0.3) is 5.91 Å². The maximum atomic E-state index is 12.9. The van der Waals surface area contributed by atoms with Crippen LogP contribution in [0.5, 0.6) is 17.2 Å². The van der Waals surface area contributed by atoms with Crippen LogP contribution in [0.1, 0.15) is 49.2 Å². The number of amides is 1. The Bertz CT molecular complexity index is 888. The van der Waals surface area contributed by atoms with E-state index in [1.165, 1.54) is 0 Å². The van der Waals surface area contributed by atoms with E-state index in [9.17, 15) is 4.79 Å². The van der Waals surface area contributed by atoms with Gasteiger partial charge in [-0.15, -0.1) is 0 Å². The van der Waals surface area contributed by atoms with Crippen LogP contribution in [-0.4, -0.2) is 25.2 Å². The number of fused-ring (bicyclic) bond motifs is 1. The number of rotatable bonds is 6. The third kappa shape index (κ3) is 4.66. The fourth-order valence-corrected chi connectivity index (χ4v) is 3.26. The van der Waals surface area contributed by atoms with Crippen molar-refractivity contribution in [3.63, 3.8) is 0 Å². The summed E-state index contributed by atoms with van der Waals surface area (Å²) in [5.74, 6) is 1.96. The summed E-state index contributed by atoms with van der Waals surface area (Å²) in [6.07, 6.45) is 0.671. The molecule has 28 heavy (non-hydrogen) atoms. The summed E-state index contributed by atoms with van der Waals surface area (Å²) in [5.41, 5.74) is 2.03. The highest BCUT2D eigenvalue weighted by Gasteiger charge is 2.35. The molecule has 148 valence electrons. The normalized spacial score (nSPS) is 17.1. The summed E-state index contributed by atoms with van der Waals surface area (Å²) >= 11 is 0. The number of carbonyl (C=O) groups is 1. The Balaban J connectivity index is 1.80. The molecule has 0 spiro atoms. The number of methoxy groups -OCH3 is 1. The van der Waals surface area contributed by atoms with Gasteiger partial charge < -0.3 is 19.5 Å². The van der Waals surface area contributed by atoms with Crippen LogP contribution in [0.4, 0.5) is 0 Å². The highest BCUT2D eigenvalue weighted by atomic mass is 16.5. The molecular weight excluding hydrogens is 354 g/mol. The summed E-state index contributed by atoms with van der Waals surface area (Å²) in [4.78, 5) is 12.9. The van der Waals surface area contributed by atoms with E-state index in [1.807, 2.05) is 51.1 Å². The fraction of sp³-hybridized carbons (Fsp3) is 0.348. The Hall–Kier alpha value is -2.95. The zero-order valence-corrected chi connectivity index (χ0v) is 16.9. The third-order valence-electron chi connectivity index (χ3n) is 4.56.